The predicted octanol–water partition coefficient (Wildman–Crippen LogP) is 3.15. The van der Waals surface area contributed by atoms with E-state index in [0.29, 0.717) is 33.8 Å². The molecule has 1 aliphatic heterocycles. The molecule has 4 aromatic rings. The Labute approximate surface area is 274 Å². The molecule has 0 unspecified atom stereocenters. The van der Waals surface area contributed by atoms with Gasteiger partial charge in [-0.15, -0.1) is 0 Å². The van der Waals surface area contributed by atoms with E-state index < -0.39 is 40.5 Å². The molecule has 12 heteroatoms. The van der Waals surface area contributed by atoms with Crippen LogP contribution in [0.2, 0.25) is 0 Å². The number of hydrogen-bond acceptors (Lipinski definition) is 9. The van der Waals surface area contributed by atoms with Crippen molar-refractivity contribution in [3.63, 3.8) is 0 Å². The number of benzene rings is 4. The Hall–Kier alpha value is -4.30. The average Bonchev–Trinajstić information content (AvgIpc) is 3.15. The van der Waals surface area contributed by atoms with Crippen LogP contribution in [0.3, 0.4) is 0 Å². The van der Waals surface area contributed by atoms with E-state index in [2.05, 4.69) is 0 Å². The number of carbonyl (C=O) groups is 1. The van der Waals surface area contributed by atoms with Crippen LogP contribution >= 0.6 is 0 Å². The minimum Gasteiger partial charge on any atom is -0.492 e. The number of aliphatic hydroxyl groups is 3. The molecule has 0 spiro atoms. The maximum absolute atomic E-state index is 14.8. The number of nitrogens with zero attached hydrogens (tertiary/aromatic N) is 2. The molecule has 3 N–H and O–H groups in total. The van der Waals surface area contributed by atoms with E-state index in [9.17, 15) is 28.5 Å². The highest BCUT2D eigenvalue weighted by Crippen LogP contribution is 2.31. The summed E-state index contributed by atoms with van der Waals surface area (Å²) in [5.41, 5.74) is 2.07. The highest BCUT2D eigenvalue weighted by Gasteiger charge is 2.51. The molecule has 248 valence electrons. The molecule has 4 atom stereocenters. The fourth-order valence-corrected chi connectivity index (χ4v) is 7.35. The Balaban J connectivity index is 1.56. The van der Waals surface area contributed by atoms with Gasteiger partial charge >= 0.3 is 5.97 Å². The van der Waals surface area contributed by atoms with Gasteiger partial charge in [-0.25, -0.2) is 4.79 Å². The van der Waals surface area contributed by atoms with Gasteiger partial charge in [0.25, 0.3) is 10.2 Å². The largest absolute Gasteiger partial charge is 0.492 e. The Morgan fingerprint density at radius 2 is 1.06 bits per heavy atom. The van der Waals surface area contributed by atoms with Gasteiger partial charge in [-0.2, -0.15) is 17.0 Å². The minimum absolute atomic E-state index is 0.162. The smallest absolute Gasteiger partial charge is 0.337 e. The Morgan fingerprint density at radius 1 is 0.660 bits per heavy atom. The zero-order chi connectivity index (χ0) is 33.4. The normalized spacial score (nSPS) is 21.4. The number of methoxy groups -OCH3 is 1. The fourth-order valence-electron chi connectivity index (χ4n) is 5.40. The molecule has 1 saturated heterocycles. The lowest BCUT2D eigenvalue weighted by atomic mass is 9.99. The summed E-state index contributed by atoms with van der Waals surface area (Å²) in [5.74, 6) is 0.392. The van der Waals surface area contributed by atoms with Gasteiger partial charge < -0.3 is 29.5 Å². The second kappa shape index (κ2) is 15.5. The van der Waals surface area contributed by atoms with E-state index >= 15 is 0 Å². The van der Waals surface area contributed by atoms with Crippen LogP contribution < -0.4 is 9.47 Å². The third-order valence-corrected chi connectivity index (χ3v) is 10.0. The van der Waals surface area contributed by atoms with Crippen LogP contribution in [0.5, 0.6) is 11.5 Å². The van der Waals surface area contributed by atoms with Crippen molar-refractivity contribution in [2.75, 3.05) is 20.3 Å². The molecule has 11 nitrogen and oxygen atoms in total. The number of esters is 1. The molecule has 4 aromatic carbocycles. The summed E-state index contributed by atoms with van der Waals surface area (Å²) in [7, 11) is -3.20. The van der Waals surface area contributed by atoms with Crippen LogP contribution in [0.1, 0.15) is 27.0 Å². The third-order valence-electron chi connectivity index (χ3n) is 8.06. The van der Waals surface area contributed by atoms with Gasteiger partial charge in [0.15, 0.2) is 0 Å². The summed E-state index contributed by atoms with van der Waals surface area (Å²) in [4.78, 5) is 12.0. The number of aliphatic hydroxyl groups excluding tert-OH is 3. The molecule has 0 amide bonds. The Morgan fingerprint density at radius 3 is 1.47 bits per heavy atom. The molecule has 1 aliphatic rings. The van der Waals surface area contributed by atoms with Crippen molar-refractivity contribution >= 4 is 16.2 Å². The second-order valence-electron chi connectivity index (χ2n) is 11.1. The van der Waals surface area contributed by atoms with Crippen molar-refractivity contribution in [3.8, 4) is 11.5 Å². The number of rotatable bonds is 12. The van der Waals surface area contributed by atoms with Crippen molar-refractivity contribution in [1.82, 2.24) is 8.61 Å². The summed E-state index contributed by atoms with van der Waals surface area (Å²) in [6.45, 7) is -1.07. The first kappa shape index (κ1) is 34.0. The lowest BCUT2D eigenvalue weighted by Crippen LogP contribution is -2.52. The van der Waals surface area contributed by atoms with Crippen molar-refractivity contribution < 1.29 is 42.7 Å². The van der Waals surface area contributed by atoms with Gasteiger partial charge in [0, 0.05) is 13.1 Å². The molecule has 0 saturated carbocycles. The van der Waals surface area contributed by atoms with Crippen LogP contribution in [0.25, 0.3) is 0 Å². The molecule has 1 heterocycles. The quantitative estimate of drug-likeness (QED) is 0.195. The molecule has 5 rings (SSSR count). The number of ether oxygens (including phenoxy) is 3. The molecule has 0 aromatic heterocycles. The average molecular weight is 663 g/mol. The molecule has 47 heavy (non-hydrogen) atoms. The zero-order valence-corrected chi connectivity index (χ0v) is 26.6. The van der Waals surface area contributed by atoms with E-state index in [0.717, 1.165) is 8.61 Å². The minimum atomic E-state index is -4.47. The predicted molar refractivity (Wildman–Crippen MR) is 174 cm³/mol. The molecule has 0 aliphatic carbocycles. The summed E-state index contributed by atoms with van der Waals surface area (Å²) in [6.07, 6.45) is -3.17. The number of carbonyl (C=O) groups excluding carboxylic acids is 1. The first-order valence-electron chi connectivity index (χ1n) is 15.1. The van der Waals surface area contributed by atoms with E-state index in [4.69, 9.17) is 14.2 Å². The van der Waals surface area contributed by atoms with Gasteiger partial charge in [-0.1, -0.05) is 72.8 Å². The van der Waals surface area contributed by atoms with E-state index in [1.54, 1.807) is 84.9 Å². The Bertz CT molecular complexity index is 1690. The van der Waals surface area contributed by atoms with Crippen LogP contribution in [0.4, 0.5) is 0 Å². The SMILES string of the molecule is COC(=O)c1ccc(CN2[C@@H](COc3ccccc3)[C@@H](O)[C@H](O)[C@H](COc3ccccc3)N(Cc3ccc(CO)cc3)S2(=O)=O)cc1. The first-order chi connectivity index (χ1) is 22.7. The Kier molecular flexibility index (Phi) is 11.2. The van der Waals surface area contributed by atoms with Crippen LogP contribution in [-0.2, 0) is 34.6 Å². The van der Waals surface area contributed by atoms with Gasteiger partial charge in [0.2, 0.25) is 0 Å². The molecule has 0 bridgehead atoms. The van der Waals surface area contributed by atoms with Gasteiger partial charge in [0.05, 0.1) is 31.4 Å². The standard InChI is InChI=1S/C35H38N2O9S/c1-44-35(41)28-18-16-26(17-19-28)21-37-32(24-46-30-10-6-3-7-11-30)34(40)33(39)31(23-45-29-8-4-2-5-9-29)36(47(37,42)43)20-25-12-14-27(22-38)15-13-25/h2-19,31-34,38-40H,20-24H2,1H3/t31-,32-,33+,34+/m0/s1. The van der Waals surface area contributed by atoms with Crippen molar-refractivity contribution in [2.45, 2.75) is 44.0 Å². The van der Waals surface area contributed by atoms with Crippen molar-refractivity contribution in [1.29, 1.82) is 0 Å². The molecular weight excluding hydrogens is 624 g/mol. The lowest BCUT2D eigenvalue weighted by molar-refractivity contribution is -0.0565. The molecule has 1 fully saturated rings. The van der Waals surface area contributed by atoms with Gasteiger partial charge in [0.1, 0.15) is 36.9 Å². The lowest BCUT2D eigenvalue weighted by Gasteiger charge is -2.34. The van der Waals surface area contributed by atoms with Crippen LogP contribution in [0, 0.1) is 0 Å². The second-order valence-corrected chi connectivity index (χ2v) is 13.0. The number of para-hydroxylation sites is 2. The molecule has 0 radical (unpaired) electrons. The highest BCUT2D eigenvalue weighted by atomic mass is 32.2. The van der Waals surface area contributed by atoms with E-state index in [1.165, 1.54) is 19.2 Å². The maximum Gasteiger partial charge on any atom is 0.337 e. The van der Waals surface area contributed by atoms with E-state index in [-0.39, 0.29) is 32.9 Å². The van der Waals surface area contributed by atoms with Crippen LogP contribution in [-0.4, -0.2) is 82.9 Å². The maximum atomic E-state index is 14.8. The monoisotopic (exact) mass is 662 g/mol. The fraction of sp³-hybridized carbons (Fsp3) is 0.286. The van der Waals surface area contributed by atoms with Crippen molar-refractivity contribution in [3.05, 3.63) is 131 Å². The van der Waals surface area contributed by atoms with Crippen LogP contribution in [0.15, 0.2) is 109 Å². The van der Waals surface area contributed by atoms with E-state index in [1.807, 2.05) is 12.1 Å². The summed E-state index contributed by atoms with van der Waals surface area (Å²) in [6, 6.07) is 28.2. The third kappa shape index (κ3) is 8.17. The first-order valence-corrected chi connectivity index (χ1v) is 16.5. The summed E-state index contributed by atoms with van der Waals surface area (Å²) in [5, 5.41) is 33.0. The topological polar surface area (TPSA) is 146 Å². The zero-order valence-electron chi connectivity index (χ0n) is 25.8. The van der Waals surface area contributed by atoms with Gasteiger partial charge in [-0.05, 0) is 53.1 Å². The highest BCUT2D eigenvalue weighted by molar-refractivity contribution is 7.86. The summed E-state index contributed by atoms with van der Waals surface area (Å²) >= 11 is 0. The van der Waals surface area contributed by atoms with Crippen molar-refractivity contribution in [2.24, 2.45) is 0 Å². The van der Waals surface area contributed by atoms with Gasteiger partial charge in [-0.3, -0.25) is 0 Å². The molecular formula is C35H38N2O9S. The summed E-state index contributed by atoms with van der Waals surface area (Å²) < 4.78 is 48.7. The number of hydrogen-bond donors (Lipinski definition) is 3.